The summed E-state index contributed by atoms with van der Waals surface area (Å²) in [6.45, 7) is 3.16. The van der Waals surface area contributed by atoms with Gasteiger partial charge < -0.3 is 14.6 Å². The fourth-order valence-electron chi connectivity index (χ4n) is 3.85. The van der Waals surface area contributed by atoms with E-state index in [1.807, 2.05) is 13.1 Å². The quantitative estimate of drug-likeness (QED) is 0.928. The molecule has 2 aliphatic rings. The molecule has 1 aliphatic carbocycles. The first-order valence-electron chi connectivity index (χ1n) is 8.54. The van der Waals surface area contributed by atoms with Gasteiger partial charge in [0, 0.05) is 18.9 Å². The van der Waals surface area contributed by atoms with Crippen molar-refractivity contribution in [3.63, 3.8) is 0 Å². The number of ether oxygens (including phenoxy) is 1. The molecule has 7 nitrogen and oxygen atoms in total. The lowest BCUT2D eigenvalue weighted by Gasteiger charge is -2.30. The van der Waals surface area contributed by atoms with Gasteiger partial charge in [-0.1, -0.05) is 18.0 Å². The molecule has 0 radical (unpaired) electrons. The Bertz CT molecular complexity index is 724. The van der Waals surface area contributed by atoms with E-state index < -0.39 is 0 Å². The Morgan fingerprint density at radius 2 is 2.29 bits per heavy atom. The van der Waals surface area contributed by atoms with Gasteiger partial charge in [-0.2, -0.15) is 5.10 Å². The maximum absolute atomic E-state index is 12.5. The fourth-order valence-corrected chi connectivity index (χ4v) is 3.85. The van der Waals surface area contributed by atoms with Crippen molar-refractivity contribution in [2.45, 2.75) is 57.2 Å². The predicted molar refractivity (Wildman–Crippen MR) is 85.6 cm³/mol. The Labute approximate surface area is 140 Å². The molecular weight excluding hydrogens is 308 g/mol. The van der Waals surface area contributed by atoms with Gasteiger partial charge in [-0.3, -0.25) is 9.48 Å². The number of aryl methyl sites for hydroxylation is 1. The average molecular weight is 330 g/mol. The van der Waals surface area contributed by atoms with Crippen LogP contribution in [0, 0.1) is 6.92 Å². The van der Waals surface area contributed by atoms with Crippen LogP contribution >= 0.6 is 0 Å². The van der Waals surface area contributed by atoms with Crippen LogP contribution < -0.4 is 5.32 Å². The van der Waals surface area contributed by atoms with Crippen molar-refractivity contribution >= 4 is 5.91 Å². The topological polar surface area (TPSA) is 82.2 Å². The molecule has 3 heterocycles. The Morgan fingerprint density at radius 3 is 3.04 bits per heavy atom. The SMILES string of the molecule is Cc1cnn(Cc2cc(C(=O)NC3CCOC34CCCC4)no2)c1. The summed E-state index contributed by atoms with van der Waals surface area (Å²) in [5.74, 6) is 0.421. The summed E-state index contributed by atoms with van der Waals surface area (Å²) in [7, 11) is 0. The molecule has 1 N–H and O–H groups in total. The maximum Gasteiger partial charge on any atom is 0.273 e. The zero-order valence-electron chi connectivity index (χ0n) is 13.8. The number of hydrogen-bond donors (Lipinski definition) is 1. The van der Waals surface area contributed by atoms with Crippen LogP contribution in [0.5, 0.6) is 0 Å². The average Bonchev–Trinajstić information content (AvgIpc) is 3.32. The first-order valence-corrected chi connectivity index (χ1v) is 8.54. The number of aromatic nitrogens is 3. The Balaban J connectivity index is 1.41. The van der Waals surface area contributed by atoms with Crippen LogP contribution in [0.1, 0.15) is 53.9 Å². The number of nitrogens with zero attached hydrogens (tertiary/aromatic N) is 3. The maximum atomic E-state index is 12.5. The number of amides is 1. The van der Waals surface area contributed by atoms with Crippen molar-refractivity contribution in [2.75, 3.05) is 6.61 Å². The molecule has 1 saturated carbocycles. The minimum Gasteiger partial charge on any atom is -0.373 e. The Morgan fingerprint density at radius 1 is 1.46 bits per heavy atom. The summed E-state index contributed by atoms with van der Waals surface area (Å²) in [6.07, 6.45) is 8.96. The summed E-state index contributed by atoms with van der Waals surface area (Å²) in [5, 5.41) is 11.2. The fraction of sp³-hybridized carbons (Fsp3) is 0.588. The largest absolute Gasteiger partial charge is 0.373 e. The molecule has 24 heavy (non-hydrogen) atoms. The molecule has 1 saturated heterocycles. The Kier molecular flexibility index (Phi) is 3.88. The molecule has 1 atom stereocenters. The van der Waals surface area contributed by atoms with Gasteiger partial charge >= 0.3 is 0 Å². The molecule has 2 fully saturated rings. The van der Waals surface area contributed by atoms with Gasteiger partial charge in [-0.25, -0.2) is 0 Å². The summed E-state index contributed by atoms with van der Waals surface area (Å²) >= 11 is 0. The van der Waals surface area contributed by atoms with Crippen LogP contribution in [-0.4, -0.2) is 39.1 Å². The normalized spacial score (nSPS) is 22.3. The van der Waals surface area contributed by atoms with E-state index in [0.717, 1.165) is 24.8 Å². The molecule has 0 bridgehead atoms. The molecule has 1 unspecified atom stereocenters. The van der Waals surface area contributed by atoms with Gasteiger partial charge in [0.05, 0.1) is 17.8 Å². The second-order valence-electron chi connectivity index (χ2n) is 6.83. The summed E-state index contributed by atoms with van der Waals surface area (Å²) < 4.78 is 13.0. The third-order valence-electron chi connectivity index (χ3n) is 5.06. The van der Waals surface area contributed by atoms with Gasteiger partial charge in [-0.05, 0) is 31.7 Å². The smallest absolute Gasteiger partial charge is 0.273 e. The summed E-state index contributed by atoms with van der Waals surface area (Å²) in [5.41, 5.74) is 1.24. The molecule has 2 aromatic heterocycles. The van der Waals surface area contributed by atoms with E-state index in [2.05, 4.69) is 15.6 Å². The number of carbonyl (C=O) groups excluding carboxylic acids is 1. The van der Waals surface area contributed by atoms with Crippen LogP contribution in [0.25, 0.3) is 0 Å². The Hall–Kier alpha value is -2.15. The van der Waals surface area contributed by atoms with Gasteiger partial charge in [0.2, 0.25) is 0 Å². The van der Waals surface area contributed by atoms with Crippen molar-refractivity contribution in [3.05, 3.63) is 35.5 Å². The summed E-state index contributed by atoms with van der Waals surface area (Å²) in [6, 6.07) is 1.75. The second kappa shape index (κ2) is 6.05. The third kappa shape index (κ3) is 2.84. The lowest BCUT2D eigenvalue weighted by atomic mass is 9.92. The van der Waals surface area contributed by atoms with E-state index in [4.69, 9.17) is 9.26 Å². The summed E-state index contributed by atoms with van der Waals surface area (Å²) in [4.78, 5) is 12.5. The standard InChI is InChI=1S/C17H22N4O3/c1-12-9-18-21(10-12)11-13-8-14(20-24-13)16(22)19-15-4-7-23-17(15)5-2-3-6-17/h8-10,15H,2-7,11H2,1H3,(H,19,22). The number of hydrogen-bond acceptors (Lipinski definition) is 5. The van der Waals surface area contributed by atoms with Crippen LogP contribution in [-0.2, 0) is 11.3 Å². The molecule has 1 aliphatic heterocycles. The van der Waals surface area contributed by atoms with Crippen LogP contribution in [0.2, 0.25) is 0 Å². The minimum absolute atomic E-state index is 0.0708. The molecule has 7 heteroatoms. The highest BCUT2D eigenvalue weighted by Crippen LogP contribution is 2.41. The van der Waals surface area contributed by atoms with Crippen LogP contribution in [0.3, 0.4) is 0 Å². The van der Waals surface area contributed by atoms with E-state index in [0.29, 0.717) is 24.6 Å². The van der Waals surface area contributed by atoms with E-state index in [1.54, 1.807) is 16.9 Å². The van der Waals surface area contributed by atoms with Crippen molar-refractivity contribution in [2.24, 2.45) is 0 Å². The number of carbonyl (C=O) groups is 1. The predicted octanol–water partition coefficient (Wildman–Crippen LogP) is 2.06. The van der Waals surface area contributed by atoms with Crippen molar-refractivity contribution in [3.8, 4) is 0 Å². The molecule has 128 valence electrons. The van der Waals surface area contributed by atoms with Gasteiger partial charge in [0.25, 0.3) is 5.91 Å². The van der Waals surface area contributed by atoms with Crippen LogP contribution in [0.15, 0.2) is 23.0 Å². The number of nitrogens with one attached hydrogen (secondary N) is 1. The zero-order chi connectivity index (χ0) is 16.6. The molecule has 0 aromatic carbocycles. The second-order valence-corrected chi connectivity index (χ2v) is 6.83. The van der Waals surface area contributed by atoms with E-state index in [9.17, 15) is 4.79 Å². The lowest BCUT2D eigenvalue weighted by molar-refractivity contribution is -0.00406. The monoisotopic (exact) mass is 330 g/mol. The van der Waals surface area contributed by atoms with Gasteiger partial charge in [0.15, 0.2) is 11.5 Å². The lowest BCUT2D eigenvalue weighted by Crippen LogP contribution is -2.48. The first kappa shape index (κ1) is 15.4. The molecule has 1 amide bonds. The molecule has 1 spiro atoms. The zero-order valence-corrected chi connectivity index (χ0v) is 13.8. The molecule has 4 rings (SSSR count). The highest BCUT2D eigenvalue weighted by molar-refractivity contribution is 5.92. The highest BCUT2D eigenvalue weighted by atomic mass is 16.5. The minimum atomic E-state index is -0.191. The third-order valence-corrected chi connectivity index (χ3v) is 5.06. The van der Waals surface area contributed by atoms with Crippen molar-refractivity contribution in [1.82, 2.24) is 20.3 Å². The van der Waals surface area contributed by atoms with Crippen LogP contribution in [0.4, 0.5) is 0 Å². The molecule has 2 aromatic rings. The van der Waals surface area contributed by atoms with Crippen molar-refractivity contribution < 1.29 is 14.1 Å². The van der Waals surface area contributed by atoms with E-state index >= 15 is 0 Å². The highest BCUT2D eigenvalue weighted by Gasteiger charge is 2.47. The van der Waals surface area contributed by atoms with E-state index in [-0.39, 0.29) is 17.6 Å². The van der Waals surface area contributed by atoms with E-state index in [1.165, 1.54) is 12.8 Å². The van der Waals surface area contributed by atoms with Crippen molar-refractivity contribution in [1.29, 1.82) is 0 Å². The molecular formula is C17H22N4O3. The van der Waals surface area contributed by atoms with Gasteiger partial charge in [0.1, 0.15) is 6.54 Å². The number of rotatable bonds is 4. The first-order chi connectivity index (χ1) is 11.6. The van der Waals surface area contributed by atoms with Gasteiger partial charge in [-0.15, -0.1) is 0 Å².